The molecule has 0 spiro atoms. The zero-order valence-electron chi connectivity index (χ0n) is 14.5. The zero-order valence-corrected chi connectivity index (χ0v) is 14.5. The highest BCUT2D eigenvalue weighted by molar-refractivity contribution is 5.97. The average molecular weight is 361 g/mol. The highest BCUT2D eigenvalue weighted by atomic mass is 16.5. The van der Waals surface area contributed by atoms with Gasteiger partial charge in [-0.2, -0.15) is 5.10 Å². The lowest BCUT2D eigenvalue weighted by molar-refractivity contribution is -0.147. The fourth-order valence-corrected chi connectivity index (χ4v) is 2.71. The van der Waals surface area contributed by atoms with Crippen LogP contribution in [0.2, 0.25) is 0 Å². The van der Waals surface area contributed by atoms with Gasteiger partial charge in [0.2, 0.25) is 5.88 Å². The molecule has 1 unspecified atom stereocenters. The molecule has 1 saturated heterocycles. The van der Waals surface area contributed by atoms with Gasteiger partial charge in [-0.1, -0.05) is 0 Å². The summed E-state index contributed by atoms with van der Waals surface area (Å²) in [4.78, 5) is 25.5. The SMILES string of the molecule is CCOc1ccc(-n2ncc(C(=O)N3CCOCC3C(=O)O)c2C)nn1. The maximum Gasteiger partial charge on any atom is 0.328 e. The van der Waals surface area contributed by atoms with Crippen LogP contribution in [0.1, 0.15) is 23.0 Å². The molecule has 1 amide bonds. The number of ether oxygens (including phenoxy) is 2. The molecule has 26 heavy (non-hydrogen) atoms. The Balaban J connectivity index is 1.86. The molecule has 2 aromatic rings. The number of carbonyl (C=O) groups excluding carboxylic acids is 1. The first-order valence-corrected chi connectivity index (χ1v) is 8.16. The van der Waals surface area contributed by atoms with Crippen LogP contribution in [-0.4, -0.2) is 74.3 Å². The van der Waals surface area contributed by atoms with E-state index < -0.39 is 17.9 Å². The lowest BCUT2D eigenvalue weighted by Crippen LogP contribution is -2.52. The molecule has 0 aliphatic carbocycles. The van der Waals surface area contributed by atoms with E-state index in [9.17, 15) is 14.7 Å². The van der Waals surface area contributed by atoms with Gasteiger partial charge in [-0.25, -0.2) is 9.48 Å². The van der Waals surface area contributed by atoms with Crippen LogP contribution in [0.4, 0.5) is 0 Å². The van der Waals surface area contributed by atoms with Gasteiger partial charge in [-0.05, 0) is 19.9 Å². The van der Waals surface area contributed by atoms with E-state index in [1.807, 2.05) is 6.92 Å². The van der Waals surface area contributed by atoms with Crippen LogP contribution in [0.15, 0.2) is 18.3 Å². The molecular weight excluding hydrogens is 342 g/mol. The molecule has 2 aromatic heterocycles. The minimum absolute atomic E-state index is 0.0291. The number of carboxylic acids is 1. The van der Waals surface area contributed by atoms with Crippen LogP contribution < -0.4 is 4.74 Å². The molecule has 10 heteroatoms. The Labute approximate surface area is 149 Å². The van der Waals surface area contributed by atoms with Gasteiger partial charge >= 0.3 is 5.97 Å². The summed E-state index contributed by atoms with van der Waals surface area (Å²) in [5, 5.41) is 21.5. The first-order chi connectivity index (χ1) is 12.5. The Kier molecular flexibility index (Phi) is 5.12. The zero-order chi connectivity index (χ0) is 18.7. The molecule has 138 valence electrons. The van der Waals surface area contributed by atoms with E-state index in [1.54, 1.807) is 19.1 Å². The second kappa shape index (κ2) is 7.48. The van der Waals surface area contributed by atoms with Crippen molar-refractivity contribution in [3.8, 4) is 11.7 Å². The van der Waals surface area contributed by atoms with E-state index in [2.05, 4.69) is 15.3 Å². The number of carboxylic acid groups (broad SMARTS) is 1. The van der Waals surface area contributed by atoms with Crippen molar-refractivity contribution in [3.05, 3.63) is 29.6 Å². The molecular formula is C16H19N5O5. The number of hydrogen-bond acceptors (Lipinski definition) is 7. The topological polar surface area (TPSA) is 120 Å². The maximum atomic E-state index is 12.8. The third-order valence-electron chi connectivity index (χ3n) is 4.05. The second-order valence-electron chi connectivity index (χ2n) is 5.65. The molecule has 0 bridgehead atoms. The fraction of sp³-hybridized carbons (Fsp3) is 0.438. The standard InChI is InChI=1S/C16H19N5O5/c1-3-26-14-5-4-13(18-19-14)21-10(2)11(8-17-21)15(22)20-6-7-25-9-12(20)16(23)24/h4-5,8,12H,3,6-7,9H2,1-2H3,(H,23,24). The third-order valence-corrected chi connectivity index (χ3v) is 4.05. The van der Waals surface area contributed by atoms with Gasteiger partial charge in [0.25, 0.3) is 5.91 Å². The summed E-state index contributed by atoms with van der Waals surface area (Å²) in [6.45, 7) is 4.53. The van der Waals surface area contributed by atoms with Crippen LogP contribution in [0, 0.1) is 6.92 Å². The number of nitrogens with zero attached hydrogens (tertiary/aromatic N) is 5. The summed E-state index contributed by atoms with van der Waals surface area (Å²) in [5.41, 5.74) is 0.859. The van der Waals surface area contributed by atoms with Crippen LogP contribution >= 0.6 is 0 Å². The third kappa shape index (κ3) is 3.36. The summed E-state index contributed by atoms with van der Waals surface area (Å²) in [6.07, 6.45) is 1.41. The normalized spacial score (nSPS) is 17.2. The number of aromatic nitrogens is 4. The molecule has 0 saturated carbocycles. The Morgan fingerprint density at radius 2 is 2.19 bits per heavy atom. The summed E-state index contributed by atoms with van der Waals surface area (Å²) < 4.78 is 11.9. The van der Waals surface area contributed by atoms with Crippen molar-refractivity contribution in [3.63, 3.8) is 0 Å². The van der Waals surface area contributed by atoms with Gasteiger partial charge in [-0.3, -0.25) is 4.79 Å². The molecule has 10 nitrogen and oxygen atoms in total. The number of rotatable bonds is 5. The van der Waals surface area contributed by atoms with Crippen LogP contribution in [0.3, 0.4) is 0 Å². The molecule has 1 atom stereocenters. The number of aliphatic carboxylic acids is 1. The van der Waals surface area contributed by atoms with E-state index in [0.29, 0.717) is 36.2 Å². The van der Waals surface area contributed by atoms with E-state index >= 15 is 0 Å². The molecule has 3 heterocycles. The number of carbonyl (C=O) groups is 2. The van der Waals surface area contributed by atoms with E-state index in [4.69, 9.17) is 9.47 Å². The van der Waals surface area contributed by atoms with Crippen molar-refractivity contribution in [1.82, 2.24) is 24.9 Å². The van der Waals surface area contributed by atoms with E-state index in [-0.39, 0.29) is 13.2 Å². The summed E-state index contributed by atoms with van der Waals surface area (Å²) >= 11 is 0. The van der Waals surface area contributed by atoms with Gasteiger partial charge in [0.1, 0.15) is 0 Å². The first kappa shape index (κ1) is 17.8. The monoisotopic (exact) mass is 361 g/mol. The lowest BCUT2D eigenvalue weighted by Gasteiger charge is -2.32. The minimum Gasteiger partial charge on any atom is -0.480 e. The van der Waals surface area contributed by atoms with Crippen LogP contribution in [0.5, 0.6) is 5.88 Å². The van der Waals surface area contributed by atoms with Crippen molar-refractivity contribution >= 4 is 11.9 Å². The smallest absolute Gasteiger partial charge is 0.328 e. The number of morpholine rings is 1. The van der Waals surface area contributed by atoms with Crippen molar-refractivity contribution in [2.75, 3.05) is 26.4 Å². The average Bonchev–Trinajstić information content (AvgIpc) is 3.03. The Morgan fingerprint density at radius 1 is 1.38 bits per heavy atom. The molecule has 1 fully saturated rings. The summed E-state index contributed by atoms with van der Waals surface area (Å²) in [6, 6.07) is 2.34. The van der Waals surface area contributed by atoms with Gasteiger partial charge in [0.05, 0.1) is 37.3 Å². The molecule has 1 aliphatic heterocycles. The van der Waals surface area contributed by atoms with Crippen LogP contribution in [-0.2, 0) is 9.53 Å². The van der Waals surface area contributed by atoms with Gasteiger partial charge in [-0.15, -0.1) is 10.2 Å². The van der Waals surface area contributed by atoms with Crippen molar-refractivity contribution in [1.29, 1.82) is 0 Å². The summed E-state index contributed by atoms with van der Waals surface area (Å²) in [5.74, 6) is -0.666. The Hall–Kier alpha value is -3.01. The van der Waals surface area contributed by atoms with Crippen molar-refractivity contribution in [2.45, 2.75) is 19.9 Å². The first-order valence-electron chi connectivity index (χ1n) is 8.16. The fourth-order valence-electron chi connectivity index (χ4n) is 2.71. The van der Waals surface area contributed by atoms with Gasteiger partial charge in [0.15, 0.2) is 11.9 Å². The molecule has 0 radical (unpaired) electrons. The lowest BCUT2D eigenvalue weighted by atomic mass is 10.1. The number of hydrogen-bond donors (Lipinski definition) is 1. The van der Waals surface area contributed by atoms with Crippen LogP contribution in [0.25, 0.3) is 5.82 Å². The van der Waals surface area contributed by atoms with E-state index in [1.165, 1.54) is 15.8 Å². The number of amides is 1. The van der Waals surface area contributed by atoms with E-state index in [0.717, 1.165) is 0 Å². The predicted molar refractivity (Wildman–Crippen MR) is 88.3 cm³/mol. The Morgan fingerprint density at radius 3 is 2.85 bits per heavy atom. The van der Waals surface area contributed by atoms with Gasteiger partial charge in [0, 0.05) is 12.6 Å². The maximum absolute atomic E-state index is 12.8. The molecule has 1 N–H and O–H groups in total. The van der Waals surface area contributed by atoms with Crippen molar-refractivity contribution in [2.24, 2.45) is 0 Å². The highest BCUT2D eigenvalue weighted by Gasteiger charge is 2.34. The molecule has 0 aromatic carbocycles. The Bertz CT molecular complexity index is 804. The predicted octanol–water partition coefficient (Wildman–Crippen LogP) is 0.295. The minimum atomic E-state index is -1.10. The summed E-state index contributed by atoms with van der Waals surface area (Å²) in [7, 11) is 0. The molecule has 1 aliphatic rings. The highest BCUT2D eigenvalue weighted by Crippen LogP contribution is 2.18. The second-order valence-corrected chi connectivity index (χ2v) is 5.65. The quantitative estimate of drug-likeness (QED) is 0.807. The van der Waals surface area contributed by atoms with Gasteiger partial charge < -0.3 is 19.5 Å². The largest absolute Gasteiger partial charge is 0.480 e. The van der Waals surface area contributed by atoms with Crippen molar-refractivity contribution < 1.29 is 24.2 Å². The molecule has 3 rings (SSSR count).